The first-order valence-corrected chi connectivity index (χ1v) is 10.0. The minimum Gasteiger partial charge on any atom is -0.350 e. The highest BCUT2D eigenvalue weighted by Crippen LogP contribution is 2.23. The number of rotatable bonds is 6. The Morgan fingerprint density at radius 2 is 1.72 bits per heavy atom. The predicted molar refractivity (Wildman–Crippen MR) is 114 cm³/mol. The van der Waals surface area contributed by atoms with Crippen molar-refractivity contribution in [1.82, 2.24) is 10.2 Å². The van der Waals surface area contributed by atoms with Crippen LogP contribution in [0, 0.1) is 5.82 Å². The van der Waals surface area contributed by atoms with Gasteiger partial charge in [-0.3, -0.25) is 9.59 Å². The summed E-state index contributed by atoms with van der Waals surface area (Å²) in [5.74, 6) is -0.900. The van der Waals surface area contributed by atoms with Crippen molar-refractivity contribution in [2.75, 3.05) is 0 Å². The zero-order chi connectivity index (χ0) is 21.8. The van der Waals surface area contributed by atoms with Crippen molar-refractivity contribution >= 4 is 35.0 Å². The van der Waals surface area contributed by atoms with Gasteiger partial charge in [-0.05, 0) is 63.1 Å². The first kappa shape index (κ1) is 23.2. The van der Waals surface area contributed by atoms with Gasteiger partial charge < -0.3 is 10.2 Å². The molecule has 1 atom stereocenters. The molecule has 2 aromatic carbocycles. The molecule has 0 saturated heterocycles. The third-order valence-electron chi connectivity index (χ3n) is 4.29. The second kappa shape index (κ2) is 9.59. The van der Waals surface area contributed by atoms with Crippen molar-refractivity contribution in [3.8, 4) is 0 Å². The molecule has 4 nitrogen and oxygen atoms in total. The van der Waals surface area contributed by atoms with Crippen LogP contribution in [0.2, 0.25) is 10.0 Å². The summed E-state index contributed by atoms with van der Waals surface area (Å²) in [4.78, 5) is 27.3. The fraction of sp³-hybridized carbons (Fsp3) is 0.364. The third kappa shape index (κ3) is 7.02. The first-order chi connectivity index (χ1) is 13.5. The van der Waals surface area contributed by atoms with Gasteiger partial charge in [0.15, 0.2) is 0 Å². The molecule has 0 aromatic heterocycles. The Bertz CT molecular complexity index is 879. The smallest absolute Gasteiger partial charge is 0.242 e. The molecule has 0 unspecified atom stereocenters. The topological polar surface area (TPSA) is 49.4 Å². The highest BCUT2D eigenvalue weighted by Gasteiger charge is 2.28. The quantitative estimate of drug-likeness (QED) is 0.688. The van der Waals surface area contributed by atoms with Gasteiger partial charge in [0.1, 0.15) is 11.9 Å². The lowest BCUT2D eigenvalue weighted by Crippen LogP contribution is -2.52. The van der Waals surface area contributed by atoms with E-state index in [1.165, 1.54) is 17.0 Å². The third-order valence-corrected chi connectivity index (χ3v) is 4.88. The number of benzene rings is 2. The van der Waals surface area contributed by atoms with Gasteiger partial charge in [0.05, 0.1) is 6.42 Å². The zero-order valence-corrected chi connectivity index (χ0v) is 18.4. The molecule has 0 saturated carbocycles. The van der Waals surface area contributed by atoms with Gasteiger partial charge in [-0.15, -0.1) is 0 Å². The molecule has 0 radical (unpaired) electrons. The Hall–Kier alpha value is -2.11. The van der Waals surface area contributed by atoms with E-state index in [4.69, 9.17) is 23.2 Å². The number of nitrogens with zero attached hydrogens (tertiary/aromatic N) is 1. The van der Waals surface area contributed by atoms with Crippen molar-refractivity contribution in [2.45, 2.75) is 52.2 Å². The number of hydrogen-bond acceptors (Lipinski definition) is 2. The molecule has 0 spiro atoms. The molecule has 156 valence electrons. The zero-order valence-electron chi connectivity index (χ0n) is 16.9. The average molecular weight is 439 g/mol. The van der Waals surface area contributed by atoms with E-state index < -0.39 is 11.6 Å². The Labute approximate surface area is 181 Å². The van der Waals surface area contributed by atoms with Crippen molar-refractivity contribution in [3.63, 3.8) is 0 Å². The molecule has 1 N–H and O–H groups in total. The number of carbonyl (C=O) groups excluding carboxylic acids is 2. The van der Waals surface area contributed by atoms with Crippen LogP contribution in [0.1, 0.15) is 38.8 Å². The molecule has 0 bridgehead atoms. The van der Waals surface area contributed by atoms with Gasteiger partial charge in [0.25, 0.3) is 0 Å². The van der Waals surface area contributed by atoms with Crippen LogP contribution in [0.25, 0.3) is 0 Å². The SMILES string of the molecule is C[C@@H](C(=O)NC(C)(C)C)N(Cc1ccc(F)cc1)C(=O)Cc1ccc(Cl)cc1Cl. The molecule has 0 aliphatic rings. The number of carbonyl (C=O) groups is 2. The Balaban J connectivity index is 2.27. The van der Waals surface area contributed by atoms with Crippen LogP contribution in [0.4, 0.5) is 4.39 Å². The van der Waals surface area contributed by atoms with Gasteiger partial charge in [-0.25, -0.2) is 4.39 Å². The number of nitrogens with one attached hydrogen (secondary N) is 1. The molecule has 0 aliphatic carbocycles. The number of halogens is 3. The largest absolute Gasteiger partial charge is 0.350 e. The van der Waals surface area contributed by atoms with Crippen LogP contribution >= 0.6 is 23.2 Å². The van der Waals surface area contributed by atoms with E-state index in [1.807, 2.05) is 20.8 Å². The molecule has 0 aliphatic heterocycles. The lowest BCUT2D eigenvalue weighted by atomic mass is 10.1. The summed E-state index contributed by atoms with van der Waals surface area (Å²) in [5.41, 5.74) is 0.904. The van der Waals surface area contributed by atoms with E-state index in [2.05, 4.69) is 5.32 Å². The Morgan fingerprint density at radius 1 is 1.10 bits per heavy atom. The summed E-state index contributed by atoms with van der Waals surface area (Å²) in [6.07, 6.45) is 0.0182. The highest BCUT2D eigenvalue weighted by atomic mass is 35.5. The van der Waals surface area contributed by atoms with Gasteiger partial charge in [0.2, 0.25) is 11.8 Å². The fourth-order valence-corrected chi connectivity index (χ4v) is 3.25. The summed E-state index contributed by atoms with van der Waals surface area (Å²) in [5, 5.41) is 3.76. The van der Waals surface area contributed by atoms with E-state index in [0.29, 0.717) is 15.6 Å². The predicted octanol–water partition coefficient (Wildman–Crippen LogP) is 5.01. The second-order valence-electron chi connectivity index (χ2n) is 7.98. The molecule has 29 heavy (non-hydrogen) atoms. The maximum atomic E-state index is 13.2. The number of amides is 2. The number of hydrogen-bond donors (Lipinski definition) is 1. The van der Waals surface area contributed by atoms with Gasteiger partial charge in [-0.2, -0.15) is 0 Å². The molecule has 2 amide bonds. The van der Waals surface area contributed by atoms with Crippen LogP contribution < -0.4 is 5.32 Å². The van der Waals surface area contributed by atoms with Crippen molar-refractivity contribution in [1.29, 1.82) is 0 Å². The molecular weight excluding hydrogens is 414 g/mol. The van der Waals surface area contributed by atoms with Crippen LogP contribution in [-0.4, -0.2) is 28.3 Å². The molecule has 0 fully saturated rings. The summed E-state index contributed by atoms with van der Waals surface area (Å²) in [6, 6.07) is 10.1. The van der Waals surface area contributed by atoms with Crippen LogP contribution in [-0.2, 0) is 22.6 Å². The molecular formula is C22H25Cl2FN2O2. The lowest BCUT2D eigenvalue weighted by molar-refractivity contribution is -0.140. The highest BCUT2D eigenvalue weighted by molar-refractivity contribution is 6.35. The molecule has 7 heteroatoms. The molecule has 2 aromatic rings. The van der Waals surface area contributed by atoms with Crippen LogP contribution in [0.5, 0.6) is 0 Å². The van der Waals surface area contributed by atoms with E-state index in [9.17, 15) is 14.0 Å². The summed E-state index contributed by atoms with van der Waals surface area (Å²) in [6.45, 7) is 7.46. The molecule has 2 rings (SSSR count). The van der Waals surface area contributed by atoms with Crippen LogP contribution in [0.15, 0.2) is 42.5 Å². The summed E-state index contributed by atoms with van der Waals surface area (Å²) in [7, 11) is 0. The lowest BCUT2D eigenvalue weighted by Gasteiger charge is -2.31. The standard InChI is InChI=1S/C22H25Cl2FN2O2/c1-14(21(29)26-22(2,3)4)27(13-15-5-9-18(25)10-6-15)20(28)11-16-7-8-17(23)12-19(16)24/h5-10,12,14H,11,13H2,1-4H3,(H,26,29)/t14-/m0/s1. The Morgan fingerprint density at radius 3 is 2.28 bits per heavy atom. The van der Waals surface area contributed by atoms with Gasteiger partial charge in [-0.1, -0.05) is 41.4 Å². The van der Waals surface area contributed by atoms with Crippen LogP contribution in [0.3, 0.4) is 0 Å². The van der Waals surface area contributed by atoms with Gasteiger partial charge >= 0.3 is 0 Å². The van der Waals surface area contributed by atoms with Crippen molar-refractivity contribution < 1.29 is 14.0 Å². The average Bonchev–Trinajstić information content (AvgIpc) is 2.61. The maximum absolute atomic E-state index is 13.2. The summed E-state index contributed by atoms with van der Waals surface area (Å²) >= 11 is 12.1. The van der Waals surface area contributed by atoms with Crippen molar-refractivity contribution in [3.05, 3.63) is 69.5 Å². The monoisotopic (exact) mass is 438 g/mol. The molecule has 0 heterocycles. The Kier molecular flexibility index (Phi) is 7.66. The normalized spacial score (nSPS) is 12.4. The van der Waals surface area contributed by atoms with Crippen molar-refractivity contribution in [2.24, 2.45) is 0 Å². The van der Waals surface area contributed by atoms with E-state index in [-0.39, 0.29) is 30.6 Å². The minimum absolute atomic E-state index is 0.0182. The second-order valence-corrected chi connectivity index (χ2v) is 8.82. The minimum atomic E-state index is -0.724. The first-order valence-electron chi connectivity index (χ1n) is 9.26. The maximum Gasteiger partial charge on any atom is 0.242 e. The summed E-state index contributed by atoms with van der Waals surface area (Å²) < 4.78 is 13.2. The van der Waals surface area contributed by atoms with E-state index in [1.54, 1.807) is 37.3 Å². The van der Waals surface area contributed by atoms with Gasteiger partial charge in [0, 0.05) is 22.1 Å². The fourth-order valence-electron chi connectivity index (χ4n) is 2.77. The van der Waals surface area contributed by atoms with E-state index in [0.717, 1.165) is 5.56 Å². The van der Waals surface area contributed by atoms with E-state index >= 15 is 0 Å².